The van der Waals surface area contributed by atoms with Crippen molar-refractivity contribution in [1.29, 1.82) is 0 Å². The lowest BCUT2D eigenvalue weighted by atomic mass is 9.61. The first-order chi connectivity index (χ1) is 15.5. The maximum atomic E-state index is 12.1. The summed E-state index contributed by atoms with van der Waals surface area (Å²) in [6, 6.07) is 0. The number of rotatable bonds is 13. The Morgan fingerprint density at radius 1 is 1.18 bits per heavy atom. The SMILES string of the molecule is CCC(C)(CCCC1CC(C)C=C2C=CC(C)C(CCC(O)CC(O)CC(=O)O)C21)C(C)=O. The molecule has 2 aliphatic carbocycles. The molecule has 5 heteroatoms. The minimum absolute atomic E-state index is 0.109. The van der Waals surface area contributed by atoms with Gasteiger partial charge in [-0.1, -0.05) is 52.3 Å². The molecule has 8 atom stereocenters. The average Bonchev–Trinajstić information content (AvgIpc) is 2.72. The third-order valence-electron chi connectivity index (χ3n) is 8.49. The lowest BCUT2D eigenvalue weighted by Gasteiger charge is -2.44. The van der Waals surface area contributed by atoms with Gasteiger partial charge in [0.1, 0.15) is 5.78 Å². The summed E-state index contributed by atoms with van der Waals surface area (Å²) in [5, 5.41) is 29.2. The Labute approximate surface area is 200 Å². The third kappa shape index (κ3) is 7.78. The fourth-order valence-corrected chi connectivity index (χ4v) is 6.10. The number of allylic oxidation sites excluding steroid dienone is 4. The van der Waals surface area contributed by atoms with Crippen molar-refractivity contribution in [3.8, 4) is 0 Å². The van der Waals surface area contributed by atoms with Gasteiger partial charge in [0, 0.05) is 5.41 Å². The van der Waals surface area contributed by atoms with Gasteiger partial charge >= 0.3 is 5.97 Å². The van der Waals surface area contributed by atoms with E-state index in [1.807, 2.05) is 0 Å². The molecule has 0 aromatic rings. The lowest BCUT2D eigenvalue weighted by Crippen LogP contribution is -2.36. The van der Waals surface area contributed by atoms with Crippen LogP contribution in [0, 0.1) is 35.0 Å². The van der Waals surface area contributed by atoms with Gasteiger partial charge in [-0.3, -0.25) is 9.59 Å². The largest absolute Gasteiger partial charge is 0.481 e. The number of fused-ring (bicyclic) bond motifs is 1. The van der Waals surface area contributed by atoms with Gasteiger partial charge in [-0.15, -0.1) is 0 Å². The predicted octanol–water partition coefficient (Wildman–Crippen LogP) is 5.55. The van der Waals surface area contributed by atoms with E-state index in [9.17, 15) is 19.8 Å². The topological polar surface area (TPSA) is 94.8 Å². The molecule has 2 rings (SSSR count). The summed E-state index contributed by atoms with van der Waals surface area (Å²) in [4.78, 5) is 22.9. The average molecular weight is 463 g/mol. The monoisotopic (exact) mass is 462 g/mol. The molecular weight excluding hydrogens is 416 g/mol. The van der Waals surface area contributed by atoms with Gasteiger partial charge in [-0.05, 0) is 87.0 Å². The molecule has 0 bridgehead atoms. The molecule has 3 N–H and O–H groups in total. The zero-order valence-corrected chi connectivity index (χ0v) is 21.3. The Bertz CT molecular complexity index is 726. The Morgan fingerprint density at radius 3 is 2.48 bits per heavy atom. The molecule has 0 fully saturated rings. The number of aliphatic hydroxyl groups is 2. The summed E-state index contributed by atoms with van der Waals surface area (Å²) in [6.07, 6.45) is 11.7. The van der Waals surface area contributed by atoms with Crippen LogP contribution in [0.4, 0.5) is 0 Å². The van der Waals surface area contributed by atoms with Crippen molar-refractivity contribution in [2.75, 3.05) is 0 Å². The molecular formula is C28H46O5. The summed E-state index contributed by atoms with van der Waals surface area (Å²) >= 11 is 0. The highest BCUT2D eigenvalue weighted by Gasteiger charge is 2.39. The number of aliphatic hydroxyl groups excluding tert-OH is 2. The van der Waals surface area contributed by atoms with Gasteiger partial charge in [0.05, 0.1) is 18.6 Å². The van der Waals surface area contributed by atoms with Gasteiger partial charge in [-0.2, -0.15) is 0 Å². The minimum Gasteiger partial charge on any atom is -0.481 e. The molecule has 0 radical (unpaired) electrons. The number of Topliss-reactive ketones (excluding diaryl/α,β-unsaturated/α-hetero) is 1. The smallest absolute Gasteiger partial charge is 0.305 e. The van der Waals surface area contributed by atoms with E-state index in [1.54, 1.807) is 6.92 Å². The second kappa shape index (κ2) is 12.3. The van der Waals surface area contributed by atoms with E-state index in [1.165, 1.54) is 5.57 Å². The highest BCUT2D eigenvalue weighted by molar-refractivity contribution is 5.81. The van der Waals surface area contributed by atoms with Crippen molar-refractivity contribution in [2.45, 2.75) is 105 Å². The number of aliphatic carboxylic acids is 1. The fourth-order valence-electron chi connectivity index (χ4n) is 6.10. The molecule has 0 heterocycles. The van der Waals surface area contributed by atoms with E-state index in [4.69, 9.17) is 5.11 Å². The summed E-state index contributed by atoms with van der Waals surface area (Å²) in [6.45, 7) is 10.5. The van der Waals surface area contributed by atoms with E-state index in [-0.39, 0.29) is 24.0 Å². The summed E-state index contributed by atoms with van der Waals surface area (Å²) in [5.41, 5.74) is 1.20. The second-order valence-electron chi connectivity index (χ2n) is 11.1. The molecule has 0 aromatic carbocycles. The second-order valence-corrected chi connectivity index (χ2v) is 11.1. The van der Waals surface area contributed by atoms with Crippen LogP contribution >= 0.6 is 0 Å². The van der Waals surface area contributed by atoms with Crippen LogP contribution in [0.25, 0.3) is 0 Å². The van der Waals surface area contributed by atoms with Crippen LogP contribution in [0.1, 0.15) is 92.4 Å². The molecule has 2 aliphatic rings. The Morgan fingerprint density at radius 2 is 1.88 bits per heavy atom. The van der Waals surface area contributed by atoms with Gasteiger partial charge in [0.25, 0.3) is 0 Å². The van der Waals surface area contributed by atoms with E-state index < -0.39 is 18.2 Å². The van der Waals surface area contributed by atoms with Crippen molar-refractivity contribution in [2.24, 2.45) is 35.0 Å². The maximum Gasteiger partial charge on any atom is 0.305 e. The van der Waals surface area contributed by atoms with Crippen molar-refractivity contribution < 1.29 is 24.9 Å². The maximum absolute atomic E-state index is 12.1. The molecule has 0 aliphatic heterocycles. The summed E-state index contributed by atoms with van der Waals surface area (Å²) in [5.74, 6) is 1.66. The van der Waals surface area contributed by atoms with Crippen LogP contribution in [0.5, 0.6) is 0 Å². The first kappa shape index (κ1) is 27.8. The van der Waals surface area contributed by atoms with Crippen LogP contribution in [0.3, 0.4) is 0 Å². The van der Waals surface area contributed by atoms with Crippen molar-refractivity contribution >= 4 is 11.8 Å². The van der Waals surface area contributed by atoms with Crippen LogP contribution in [0.2, 0.25) is 0 Å². The number of hydrogen-bond acceptors (Lipinski definition) is 4. The number of carboxylic acids is 1. The quantitative estimate of drug-likeness (QED) is 0.334. The van der Waals surface area contributed by atoms with Crippen molar-refractivity contribution in [3.63, 3.8) is 0 Å². The molecule has 0 saturated heterocycles. The van der Waals surface area contributed by atoms with E-state index >= 15 is 0 Å². The highest BCUT2D eigenvalue weighted by atomic mass is 16.4. The van der Waals surface area contributed by atoms with Gasteiger partial charge in [0.15, 0.2) is 0 Å². The van der Waals surface area contributed by atoms with E-state index in [0.29, 0.717) is 36.0 Å². The summed E-state index contributed by atoms with van der Waals surface area (Å²) in [7, 11) is 0. The standard InChI is InChI=1S/C28H46O5/c1-6-28(5,20(4)29)13-7-8-21-14-18(2)15-22-10-9-19(3)25(27(21)22)12-11-23(30)16-24(31)17-26(32)33/h9-10,15,18-19,21,23-25,27,30-31H,6-8,11-14,16-17H2,1-5H3,(H,32,33). The number of carboxylic acid groups (broad SMARTS) is 1. The fraction of sp³-hybridized carbons (Fsp3) is 0.786. The normalized spacial score (nSPS) is 30.6. The molecule has 0 saturated carbocycles. The number of carbonyl (C=O) groups is 2. The Balaban J connectivity index is 2.06. The van der Waals surface area contributed by atoms with E-state index in [0.717, 1.165) is 38.5 Å². The lowest BCUT2D eigenvalue weighted by molar-refractivity contribution is -0.139. The molecule has 8 unspecified atom stereocenters. The summed E-state index contributed by atoms with van der Waals surface area (Å²) < 4.78 is 0. The zero-order chi connectivity index (χ0) is 24.8. The van der Waals surface area contributed by atoms with Crippen LogP contribution < -0.4 is 0 Å². The Hall–Kier alpha value is -1.46. The molecule has 0 aromatic heterocycles. The van der Waals surface area contributed by atoms with Gasteiger partial charge in [-0.25, -0.2) is 0 Å². The Kier molecular flexibility index (Phi) is 10.4. The molecule has 33 heavy (non-hydrogen) atoms. The predicted molar refractivity (Wildman–Crippen MR) is 132 cm³/mol. The minimum atomic E-state index is -1.04. The van der Waals surface area contributed by atoms with Gasteiger partial charge in [0.2, 0.25) is 0 Å². The highest BCUT2D eigenvalue weighted by Crippen LogP contribution is 2.48. The number of hydrogen-bond donors (Lipinski definition) is 3. The number of carbonyl (C=O) groups excluding carboxylic acids is 1. The molecule has 0 spiro atoms. The third-order valence-corrected chi connectivity index (χ3v) is 8.49. The first-order valence-corrected chi connectivity index (χ1v) is 13.0. The van der Waals surface area contributed by atoms with Crippen molar-refractivity contribution in [3.05, 3.63) is 23.8 Å². The zero-order valence-electron chi connectivity index (χ0n) is 21.3. The molecule has 188 valence electrons. The van der Waals surface area contributed by atoms with E-state index in [2.05, 4.69) is 45.9 Å². The van der Waals surface area contributed by atoms with Crippen LogP contribution in [-0.4, -0.2) is 39.3 Å². The van der Waals surface area contributed by atoms with Gasteiger partial charge < -0.3 is 15.3 Å². The number of ketones is 1. The van der Waals surface area contributed by atoms with Crippen molar-refractivity contribution in [1.82, 2.24) is 0 Å². The molecule has 5 nitrogen and oxygen atoms in total. The first-order valence-electron chi connectivity index (χ1n) is 13.0. The molecule has 0 amide bonds. The van der Waals surface area contributed by atoms with Crippen LogP contribution in [0.15, 0.2) is 23.8 Å². The van der Waals surface area contributed by atoms with Crippen LogP contribution in [-0.2, 0) is 9.59 Å².